The molecule has 3 aromatic rings. The number of ether oxygens (including phenoxy) is 4. The van der Waals surface area contributed by atoms with E-state index >= 15 is 0 Å². The maximum Gasteiger partial charge on any atom is 0.573 e. The molecular weight excluding hydrogens is 493 g/mol. The number of piperidine rings is 1. The van der Waals surface area contributed by atoms with Crippen LogP contribution in [0.3, 0.4) is 0 Å². The fourth-order valence-electron chi connectivity index (χ4n) is 4.76. The summed E-state index contributed by atoms with van der Waals surface area (Å²) >= 11 is 0. The highest BCUT2D eigenvalue weighted by Gasteiger charge is 2.44. The summed E-state index contributed by atoms with van der Waals surface area (Å²) in [4.78, 5) is 27.8. The zero-order chi connectivity index (χ0) is 26.4. The summed E-state index contributed by atoms with van der Waals surface area (Å²) in [6, 6.07) is 12.3. The Hall–Kier alpha value is -4.15. The molecule has 1 saturated heterocycles. The number of hydrogen-bond donors (Lipinski definition) is 1. The van der Waals surface area contributed by atoms with Gasteiger partial charge in [-0.1, -0.05) is 12.1 Å². The Kier molecular flexibility index (Phi) is 6.01. The molecule has 2 aliphatic heterocycles. The number of nitrogens with zero attached hydrogens (tertiary/aromatic N) is 1. The Morgan fingerprint density at radius 1 is 1.00 bits per heavy atom. The van der Waals surface area contributed by atoms with Gasteiger partial charge in [0.1, 0.15) is 23.0 Å². The van der Waals surface area contributed by atoms with Gasteiger partial charge in [-0.2, -0.15) is 0 Å². The van der Waals surface area contributed by atoms with Gasteiger partial charge in [0, 0.05) is 42.3 Å². The van der Waals surface area contributed by atoms with E-state index in [1.54, 1.807) is 30.2 Å². The Labute approximate surface area is 209 Å². The lowest BCUT2D eigenvalue weighted by Gasteiger charge is -2.44. The third-order valence-corrected chi connectivity index (χ3v) is 6.54. The van der Waals surface area contributed by atoms with Crippen molar-refractivity contribution in [2.45, 2.75) is 24.9 Å². The van der Waals surface area contributed by atoms with Crippen molar-refractivity contribution >= 4 is 22.6 Å². The van der Waals surface area contributed by atoms with E-state index < -0.39 is 23.7 Å². The molecule has 2 aliphatic rings. The molecule has 0 unspecified atom stereocenters. The van der Waals surface area contributed by atoms with Gasteiger partial charge >= 0.3 is 6.36 Å². The summed E-state index contributed by atoms with van der Waals surface area (Å²) in [5.74, 6) is 0.0241. The number of halogens is 3. The summed E-state index contributed by atoms with van der Waals surface area (Å²) < 4.78 is 58.5. The highest BCUT2D eigenvalue weighted by Crippen LogP contribution is 2.38. The van der Waals surface area contributed by atoms with E-state index in [0.717, 1.165) is 22.9 Å². The van der Waals surface area contributed by atoms with Gasteiger partial charge in [0.2, 0.25) is 0 Å². The van der Waals surface area contributed by atoms with E-state index in [1.165, 1.54) is 13.2 Å². The molecule has 1 N–H and O–H groups in total. The molecule has 0 atom stereocenters. The SMILES string of the molecule is COc1cc(C(=O)N2CCC3(CC2)NC(=O)c2cc(OC(F)(F)F)ccc2O3)cc2c(OC)cccc12. The molecule has 5 rings (SSSR count). The number of fused-ring (bicyclic) bond motifs is 2. The van der Waals surface area contributed by atoms with Gasteiger partial charge in [-0.25, -0.2) is 0 Å². The molecule has 0 aliphatic carbocycles. The van der Waals surface area contributed by atoms with Gasteiger partial charge in [0.15, 0.2) is 5.72 Å². The zero-order valence-electron chi connectivity index (χ0n) is 20.0. The van der Waals surface area contributed by atoms with Crippen molar-refractivity contribution in [2.24, 2.45) is 0 Å². The Morgan fingerprint density at radius 2 is 1.73 bits per heavy atom. The van der Waals surface area contributed by atoms with Gasteiger partial charge < -0.3 is 29.2 Å². The quantitative estimate of drug-likeness (QED) is 0.549. The molecule has 2 amide bonds. The third-order valence-electron chi connectivity index (χ3n) is 6.54. The molecule has 11 heteroatoms. The number of rotatable bonds is 4. The maximum absolute atomic E-state index is 13.4. The van der Waals surface area contributed by atoms with Gasteiger partial charge in [0.05, 0.1) is 19.8 Å². The van der Waals surface area contributed by atoms with Crippen molar-refractivity contribution in [3.05, 3.63) is 59.7 Å². The highest BCUT2D eigenvalue weighted by molar-refractivity contribution is 6.03. The van der Waals surface area contributed by atoms with Crippen LogP contribution in [-0.2, 0) is 0 Å². The summed E-state index contributed by atoms with van der Waals surface area (Å²) in [5, 5.41) is 4.32. The summed E-state index contributed by atoms with van der Waals surface area (Å²) in [6.45, 7) is 0.575. The van der Waals surface area contributed by atoms with Gasteiger partial charge in [-0.15, -0.1) is 13.2 Å². The molecule has 0 bridgehead atoms. The van der Waals surface area contributed by atoms with Gasteiger partial charge in [-0.05, 0) is 36.4 Å². The number of methoxy groups -OCH3 is 2. The number of alkyl halides is 3. The number of amides is 2. The molecule has 1 spiro atoms. The van der Waals surface area contributed by atoms with Crippen LogP contribution in [0.25, 0.3) is 10.8 Å². The fourth-order valence-corrected chi connectivity index (χ4v) is 4.76. The number of nitrogens with one attached hydrogen (secondary N) is 1. The van der Waals surface area contributed by atoms with Crippen molar-refractivity contribution in [1.29, 1.82) is 0 Å². The van der Waals surface area contributed by atoms with Crippen LogP contribution in [0.15, 0.2) is 48.5 Å². The summed E-state index contributed by atoms with van der Waals surface area (Å²) in [5.41, 5.74) is -0.693. The van der Waals surface area contributed by atoms with E-state index in [9.17, 15) is 22.8 Å². The van der Waals surface area contributed by atoms with Crippen molar-refractivity contribution in [3.63, 3.8) is 0 Å². The molecule has 8 nitrogen and oxygen atoms in total. The van der Waals surface area contributed by atoms with Crippen LogP contribution in [0.1, 0.15) is 33.6 Å². The number of likely N-dealkylation sites (tertiary alicyclic amines) is 1. The Morgan fingerprint density at radius 3 is 2.41 bits per heavy atom. The Bertz CT molecular complexity index is 1380. The van der Waals surface area contributed by atoms with Gasteiger partial charge in [-0.3, -0.25) is 9.59 Å². The predicted octanol–water partition coefficient (Wildman–Crippen LogP) is 4.51. The lowest BCUT2D eigenvalue weighted by molar-refractivity contribution is -0.274. The molecule has 3 aromatic carbocycles. The van der Waals surface area contributed by atoms with Crippen LogP contribution in [-0.4, -0.2) is 56.1 Å². The predicted molar refractivity (Wildman–Crippen MR) is 126 cm³/mol. The normalized spacial score (nSPS) is 16.6. The maximum atomic E-state index is 13.4. The standard InChI is InChI=1S/C26H23F3N2O6/c1-34-20-5-3-4-17-18(20)12-15(13-22(17)35-2)24(33)31-10-8-25(9-11-31)30-23(32)19-14-16(36-26(27,28)29)6-7-21(19)37-25/h3-7,12-14H,8-11H2,1-2H3,(H,30,32). The van der Waals surface area contributed by atoms with Crippen molar-refractivity contribution in [3.8, 4) is 23.0 Å². The molecule has 37 heavy (non-hydrogen) atoms. The lowest BCUT2D eigenvalue weighted by atomic mass is 9.96. The van der Waals surface area contributed by atoms with E-state index in [-0.39, 0.29) is 30.3 Å². The largest absolute Gasteiger partial charge is 0.573 e. The lowest BCUT2D eigenvalue weighted by Crippen LogP contribution is -2.61. The van der Waals surface area contributed by atoms with E-state index in [2.05, 4.69) is 10.1 Å². The second-order valence-corrected chi connectivity index (χ2v) is 8.78. The van der Waals surface area contributed by atoms with Crippen molar-refractivity contribution in [1.82, 2.24) is 10.2 Å². The van der Waals surface area contributed by atoms with Gasteiger partial charge in [0.25, 0.3) is 11.8 Å². The average Bonchev–Trinajstić information content (AvgIpc) is 2.87. The zero-order valence-corrected chi connectivity index (χ0v) is 20.0. The average molecular weight is 516 g/mol. The van der Waals surface area contributed by atoms with Crippen LogP contribution >= 0.6 is 0 Å². The smallest absolute Gasteiger partial charge is 0.496 e. The molecule has 0 saturated carbocycles. The molecule has 0 aromatic heterocycles. The van der Waals surface area contributed by atoms with Crippen LogP contribution in [0.5, 0.6) is 23.0 Å². The highest BCUT2D eigenvalue weighted by atomic mass is 19.4. The molecular formula is C26H23F3N2O6. The minimum Gasteiger partial charge on any atom is -0.496 e. The van der Waals surface area contributed by atoms with E-state index in [0.29, 0.717) is 29.9 Å². The first-order valence-corrected chi connectivity index (χ1v) is 11.5. The molecule has 2 heterocycles. The third kappa shape index (κ3) is 4.68. The molecule has 0 radical (unpaired) electrons. The molecule has 194 valence electrons. The van der Waals surface area contributed by atoms with Crippen LogP contribution in [0.2, 0.25) is 0 Å². The van der Waals surface area contributed by atoms with Crippen LogP contribution in [0.4, 0.5) is 13.2 Å². The summed E-state index contributed by atoms with van der Waals surface area (Å²) in [7, 11) is 3.09. The first-order valence-electron chi connectivity index (χ1n) is 11.5. The first kappa shape index (κ1) is 24.5. The fraction of sp³-hybridized carbons (Fsp3) is 0.308. The van der Waals surface area contributed by atoms with E-state index in [4.69, 9.17) is 14.2 Å². The second kappa shape index (κ2) is 9.06. The molecule has 1 fully saturated rings. The Balaban J connectivity index is 1.33. The van der Waals surface area contributed by atoms with Crippen LogP contribution < -0.4 is 24.3 Å². The number of hydrogen-bond acceptors (Lipinski definition) is 6. The number of benzene rings is 3. The van der Waals surface area contributed by atoms with E-state index in [1.807, 2.05) is 12.1 Å². The monoisotopic (exact) mass is 516 g/mol. The minimum atomic E-state index is -4.87. The summed E-state index contributed by atoms with van der Waals surface area (Å²) in [6.07, 6.45) is -4.29. The van der Waals surface area contributed by atoms with Crippen molar-refractivity contribution in [2.75, 3.05) is 27.3 Å². The number of carbonyl (C=O) groups is 2. The first-order chi connectivity index (χ1) is 17.6. The van der Waals surface area contributed by atoms with Crippen molar-refractivity contribution < 1.29 is 41.7 Å². The topological polar surface area (TPSA) is 86.3 Å². The number of carbonyl (C=O) groups excluding carboxylic acids is 2. The second-order valence-electron chi connectivity index (χ2n) is 8.78. The van der Waals surface area contributed by atoms with Crippen LogP contribution in [0, 0.1) is 0 Å². The minimum absolute atomic E-state index is 0.0527.